The summed E-state index contributed by atoms with van der Waals surface area (Å²) in [7, 11) is -4.94. The van der Waals surface area contributed by atoms with Crippen LogP contribution < -0.4 is 23.2 Å². The summed E-state index contributed by atoms with van der Waals surface area (Å²) in [4.78, 5) is 4.48. The Morgan fingerprint density at radius 3 is 2.38 bits per heavy atom. The van der Waals surface area contributed by atoms with E-state index in [1.807, 2.05) is 0 Å². The maximum absolute atomic E-state index is 8.49. The molecule has 0 radical (unpaired) electrons. The molecule has 0 fully saturated rings. The van der Waals surface area contributed by atoms with Gasteiger partial charge in [0.15, 0.2) is 5.69 Å². The molecule has 7 heteroatoms. The van der Waals surface area contributed by atoms with Crippen LogP contribution in [0, 0.1) is 24.1 Å². The van der Waals surface area contributed by atoms with E-state index in [4.69, 9.17) is 18.6 Å². The summed E-state index contributed by atoms with van der Waals surface area (Å²) in [6.07, 6.45) is 2.42. The monoisotopic (exact) mass is 248 g/mol. The molecule has 0 bridgehead atoms. The normalized spacial score (nSPS) is 14.1. The SMILES string of the molecule is Cc1cc(C)[n+]2c(n1)CCC2.[O-][Cl+3]([O-])([O-])[O-]. The molecule has 0 saturated carbocycles. The van der Waals surface area contributed by atoms with Crippen LogP contribution in [0.2, 0.25) is 0 Å². The van der Waals surface area contributed by atoms with Crippen molar-refractivity contribution in [1.82, 2.24) is 4.98 Å². The molecule has 2 heterocycles. The molecule has 6 nitrogen and oxygen atoms in total. The number of hydrogen-bond donors (Lipinski definition) is 0. The Labute approximate surface area is 95.5 Å². The molecule has 1 aliphatic rings. The highest BCUT2D eigenvalue weighted by molar-refractivity contribution is 5.03. The zero-order chi connectivity index (χ0) is 12.3. The van der Waals surface area contributed by atoms with E-state index in [1.165, 1.54) is 17.9 Å². The second-order valence-corrected chi connectivity index (χ2v) is 4.34. The third-order valence-corrected chi connectivity index (χ3v) is 2.24. The number of fused-ring (bicyclic) bond motifs is 1. The van der Waals surface area contributed by atoms with Crippen LogP contribution in [0.25, 0.3) is 0 Å². The number of aryl methyl sites for hydroxylation is 3. The highest BCUT2D eigenvalue weighted by Crippen LogP contribution is 2.06. The van der Waals surface area contributed by atoms with Gasteiger partial charge in [-0.15, -0.1) is 10.2 Å². The Morgan fingerprint density at radius 1 is 1.25 bits per heavy atom. The lowest BCUT2D eigenvalue weighted by Crippen LogP contribution is -2.68. The summed E-state index contributed by atoms with van der Waals surface area (Å²) in [5.41, 5.74) is 2.50. The number of nitrogens with zero attached hydrogens (tertiary/aromatic N) is 2. The lowest BCUT2D eigenvalue weighted by molar-refractivity contribution is -2.00. The van der Waals surface area contributed by atoms with Gasteiger partial charge in [-0.25, -0.2) is 23.2 Å². The summed E-state index contributed by atoms with van der Waals surface area (Å²) in [6.45, 7) is 5.38. The highest BCUT2D eigenvalue weighted by Gasteiger charge is 2.21. The van der Waals surface area contributed by atoms with Crippen molar-refractivity contribution in [2.75, 3.05) is 0 Å². The third kappa shape index (κ3) is 4.38. The predicted molar refractivity (Wildman–Crippen MR) is 42.2 cm³/mol. The Morgan fingerprint density at radius 2 is 1.81 bits per heavy atom. The molecule has 1 aromatic heterocycles. The lowest BCUT2D eigenvalue weighted by atomic mass is 10.3. The van der Waals surface area contributed by atoms with Crippen molar-refractivity contribution < 1.29 is 33.4 Å². The van der Waals surface area contributed by atoms with Crippen LogP contribution in [0.3, 0.4) is 0 Å². The van der Waals surface area contributed by atoms with Gasteiger partial charge in [0.25, 0.3) is 5.82 Å². The quantitative estimate of drug-likeness (QED) is 0.437. The fourth-order valence-electron chi connectivity index (χ4n) is 1.77. The van der Waals surface area contributed by atoms with E-state index in [0.717, 1.165) is 18.7 Å². The van der Waals surface area contributed by atoms with E-state index in [2.05, 4.69) is 29.5 Å². The van der Waals surface area contributed by atoms with Crippen LogP contribution in [0.15, 0.2) is 6.07 Å². The predicted octanol–water partition coefficient (Wildman–Crippen LogP) is -3.82. The van der Waals surface area contributed by atoms with Gasteiger partial charge in [-0.2, -0.15) is 0 Å². The van der Waals surface area contributed by atoms with E-state index in [-0.39, 0.29) is 0 Å². The first-order valence-corrected chi connectivity index (χ1v) is 5.99. The van der Waals surface area contributed by atoms with Crippen molar-refractivity contribution in [2.24, 2.45) is 0 Å². The van der Waals surface area contributed by atoms with E-state index in [1.54, 1.807) is 0 Å². The Kier molecular flexibility index (Phi) is 4.17. The van der Waals surface area contributed by atoms with Crippen LogP contribution in [-0.4, -0.2) is 4.98 Å². The molecular formula is C9H13ClN2O4. The first-order chi connectivity index (χ1) is 7.27. The van der Waals surface area contributed by atoms with Gasteiger partial charge in [-0.1, -0.05) is 4.98 Å². The summed E-state index contributed by atoms with van der Waals surface area (Å²) < 4.78 is 36.3. The fraction of sp³-hybridized carbons (Fsp3) is 0.556. The molecule has 0 unspecified atom stereocenters. The summed E-state index contributed by atoms with van der Waals surface area (Å²) in [5, 5.41) is 0. The van der Waals surface area contributed by atoms with E-state index in [0.29, 0.717) is 0 Å². The number of hydrogen-bond acceptors (Lipinski definition) is 5. The molecule has 0 aliphatic carbocycles. The molecule has 1 aromatic rings. The van der Waals surface area contributed by atoms with Gasteiger partial charge in [0.05, 0.1) is 13.0 Å². The average Bonchev–Trinajstić information content (AvgIpc) is 2.47. The largest absolute Gasteiger partial charge is 0.298 e. The highest BCUT2D eigenvalue weighted by atomic mass is 35.7. The molecular weight excluding hydrogens is 236 g/mol. The second-order valence-electron chi connectivity index (χ2n) is 3.59. The van der Waals surface area contributed by atoms with Crippen LogP contribution in [0.1, 0.15) is 23.6 Å². The molecule has 2 rings (SSSR count). The van der Waals surface area contributed by atoms with E-state index < -0.39 is 10.2 Å². The smallest absolute Gasteiger partial charge is 0.232 e. The standard InChI is InChI=1S/C9H13N2.ClHO4/c1-7-6-8(2)11-5-3-4-9(11)10-7;2-1(3,4)5/h6H,3-5H2,1-2H3;(H,2,3,4,5)/q+1;/p-1. The summed E-state index contributed by atoms with van der Waals surface area (Å²) in [6, 6.07) is 2.15. The van der Waals surface area contributed by atoms with Crippen LogP contribution in [0.4, 0.5) is 0 Å². The maximum atomic E-state index is 8.49. The minimum Gasteiger partial charge on any atom is -0.232 e. The summed E-state index contributed by atoms with van der Waals surface area (Å²) in [5.74, 6) is 1.27. The topological polar surface area (TPSA) is 109 Å². The van der Waals surface area contributed by atoms with Gasteiger partial charge in [-0.3, -0.25) is 0 Å². The van der Waals surface area contributed by atoms with E-state index >= 15 is 0 Å². The minimum absolute atomic E-state index is 1.15. The van der Waals surface area contributed by atoms with Gasteiger partial charge in [0.2, 0.25) is 0 Å². The maximum Gasteiger partial charge on any atom is 0.298 e. The van der Waals surface area contributed by atoms with Crippen molar-refractivity contribution in [3.63, 3.8) is 0 Å². The molecule has 0 aromatic carbocycles. The Bertz CT molecular complexity index is 373. The zero-order valence-corrected chi connectivity index (χ0v) is 9.86. The molecule has 0 N–H and O–H groups in total. The Balaban J connectivity index is 0.000000221. The third-order valence-electron chi connectivity index (χ3n) is 2.24. The lowest BCUT2D eigenvalue weighted by Gasteiger charge is -2.17. The van der Waals surface area contributed by atoms with Gasteiger partial charge in [0, 0.05) is 13.0 Å². The van der Waals surface area contributed by atoms with Crippen molar-refractivity contribution in [3.05, 3.63) is 23.3 Å². The van der Waals surface area contributed by atoms with Crippen molar-refractivity contribution >= 4 is 0 Å². The molecule has 1 aliphatic heterocycles. The Hall–Kier alpha value is -0.790. The van der Waals surface area contributed by atoms with E-state index in [9.17, 15) is 0 Å². The average molecular weight is 249 g/mol. The van der Waals surface area contributed by atoms with Crippen molar-refractivity contribution in [1.29, 1.82) is 0 Å². The van der Waals surface area contributed by atoms with Crippen molar-refractivity contribution in [2.45, 2.75) is 33.2 Å². The van der Waals surface area contributed by atoms with Crippen molar-refractivity contribution in [3.8, 4) is 0 Å². The van der Waals surface area contributed by atoms with Gasteiger partial charge < -0.3 is 0 Å². The summed E-state index contributed by atoms with van der Waals surface area (Å²) >= 11 is 0. The van der Waals surface area contributed by atoms with Gasteiger partial charge >= 0.3 is 0 Å². The first kappa shape index (κ1) is 13.3. The van der Waals surface area contributed by atoms with Crippen LogP contribution in [0.5, 0.6) is 0 Å². The fourth-order valence-corrected chi connectivity index (χ4v) is 1.77. The molecule has 0 spiro atoms. The second kappa shape index (κ2) is 5.03. The number of aromatic nitrogens is 2. The first-order valence-electron chi connectivity index (χ1n) is 4.76. The van der Waals surface area contributed by atoms with Gasteiger partial charge in [-0.05, 0) is 13.3 Å². The van der Waals surface area contributed by atoms with Crippen LogP contribution in [-0.2, 0) is 13.0 Å². The van der Waals surface area contributed by atoms with Crippen LogP contribution >= 0.6 is 0 Å². The molecule has 0 atom stereocenters. The molecule has 90 valence electrons. The minimum atomic E-state index is -4.94. The number of rotatable bonds is 0. The zero-order valence-electron chi connectivity index (χ0n) is 9.10. The molecule has 16 heavy (non-hydrogen) atoms. The molecule has 0 amide bonds. The molecule has 0 saturated heterocycles. The van der Waals surface area contributed by atoms with Gasteiger partial charge in [0.1, 0.15) is 5.69 Å². The number of halogens is 1.